The minimum atomic E-state index is -0.171. The Morgan fingerprint density at radius 3 is 2.48 bits per heavy atom. The second kappa shape index (κ2) is 9.94. The van der Waals surface area contributed by atoms with Crippen molar-refractivity contribution in [1.82, 2.24) is 10.6 Å². The molecule has 116 valence electrons. The van der Waals surface area contributed by atoms with Gasteiger partial charge in [0, 0.05) is 32.5 Å². The number of hydrogen-bond acceptors (Lipinski definition) is 3. The Hall–Kier alpha value is -1.88. The lowest BCUT2D eigenvalue weighted by Gasteiger charge is -2.13. The van der Waals surface area contributed by atoms with Crippen LogP contribution in [-0.2, 0) is 9.59 Å². The fourth-order valence-corrected chi connectivity index (χ4v) is 1.98. The number of unbranched alkanes of at least 4 members (excludes halogenated alkanes) is 2. The number of nitrogens with two attached hydrogens (primary N) is 1. The first-order valence-corrected chi connectivity index (χ1v) is 7.41. The zero-order chi connectivity index (χ0) is 15.5. The minimum Gasteiger partial charge on any atom is -0.356 e. The van der Waals surface area contributed by atoms with Crippen LogP contribution in [0.15, 0.2) is 30.3 Å². The molecule has 0 bridgehead atoms. The molecule has 0 saturated heterocycles. The Morgan fingerprint density at radius 2 is 1.81 bits per heavy atom. The Kier molecular flexibility index (Phi) is 8.12. The highest BCUT2D eigenvalue weighted by molar-refractivity contribution is 5.75. The zero-order valence-corrected chi connectivity index (χ0v) is 12.6. The summed E-state index contributed by atoms with van der Waals surface area (Å²) in [6.45, 7) is 2.63. The van der Waals surface area contributed by atoms with Crippen LogP contribution in [-0.4, -0.2) is 24.9 Å². The first-order valence-electron chi connectivity index (χ1n) is 7.41. The first kappa shape index (κ1) is 17.2. The monoisotopic (exact) mass is 291 g/mol. The van der Waals surface area contributed by atoms with E-state index < -0.39 is 0 Å². The van der Waals surface area contributed by atoms with Crippen LogP contribution in [0.25, 0.3) is 0 Å². The molecule has 0 fully saturated rings. The molecule has 1 aromatic carbocycles. The molecule has 0 aliphatic carbocycles. The van der Waals surface area contributed by atoms with Gasteiger partial charge in [-0.3, -0.25) is 9.59 Å². The highest BCUT2D eigenvalue weighted by Gasteiger charge is 2.07. The van der Waals surface area contributed by atoms with Crippen LogP contribution in [0.1, 0.15) is 44.2 Å². The number of rotatable bonds is 9. The summed E-state index contributed by atoms with van der Waals surface area (Å²) in [5, 5.41) is 5.59. The predicted molar refractivity (Wildman–Crippen MR) is 83.5 cm³/mol. The van der Waals surface area contributed by atoms with Gasteiger partial charge in [-0.1, -0.05) is 36.8 Å². The van der Waals surface area contributed by atoms with Crippen LogP contribution in [0.2, 0.25) is 0 Å². The molecule has 0 aliphatic rings. The van der Waals surface area contributed by atoms with Gasteiger partial charge in [0.1, 0.15) is 0 Å². The quantitative estimate of drug-likeness (QED) is 0.603. The summed E-state index contributed by atoms with van der Waals surface area (Å²) in [4.78, 5) is 22.3. The van der Waals surface area contributed by atoms with Crippen LogP contribution in [0.3, 0.4) is 0 Å². The van der Waals surface area contributed by atoms with Gasteiger partial charge in [-0.05, 0) is 18.4 Å². The van der Waals surface area contributed by atoms with Crippen molar-refractivity contribution in [3.63, 3.8) is 0 Å². The van der Waals surface area contributed by atoms with E-state index in [0.717, 1.165) is 24.8 Å². The smallest absolute Gasteiger partial charge is 0.220 e. The van der Waals surface area contributed by atoms with Crippen molar-refractivity contribution in [2.24, 2.45) is 5.73 Å². The third-order valence-corrected chi connectivity index (χ3v) is 3.20. The summed E-state index contributed by atoms with van der Waals surface area (Å²) in [5.74, 6) is 0.0172. The Bertz CT molecular complexity index is 434. The van der Waals surface area contributed by atoms with Gasteiger partial charge in [-0.15, -0.1) is 0 Å². The van der Waals surface area contributed by atoms with Crippen molar-refractivity contribution in [3.05, 3.63) is 35.9 Å². The van der Waals surface area contributed by atoms with Gasteiger partial charge in [0.15, 0.2) is 0 Å². The summed E-state index contributed by atoms with van der Waals surface area (Å²) >= 11 is 0. The Balaban J connectivity index is 2.07. The maximum absolute atomic E-state index is 11.7. The minimum absolute atomic E-state index is 0.0114. The molecule has 1 aromatic rings. The van der Waals surface area contributed by atoms with Crippen molar-refractivity contribution in [2.45, 2.75) is 38.6 Å². The lowest BCUT2D eigenvalue weighted by Crippen LogP contribution is -2.31. The maximum atomic E-state index is 11.7. The lowest BCUT2D eigenvalue weighted by molar-refractivity contribution is -0.121. The fraction of sp³-hybridized carbons (Fsp3) is 0.500. The van der Waals surface area contributed by atoms with E-state index in [1.54, 1.807) is 0 Å². The zero-order valence-electron chi connectivity index (χ0n) is 12.6. The Morgan fingerprint density at radius 1 is 1.10 bits per heavy atom. The molecule has 2 amide bonds. The molecular formula is C16H25N3O2. The molecule has 1 rings (SSSR count). The summed E-state index contributed by atoms with van der Waals surface area (Å²) in [7, 11) is 0. The van der Waals surface area contributed by atoms with Gasteiger partial charge in [0.25, 0.3) is 0 Å². The summed E-state index contributed by atoms with van der Waals surface area (Å²) in [6.07, 6.45) is 3.16. The van der Waals surface area contributed by atoms with Crippen LogP contribution in [0.4, 0.5) is 0 Å². The van der Waals surface area contributed by atoms with E-state index in [1.807, 2.05) is 30.3 Å². The fourth-order valence-electron chi connectivity index (χ4n) is 1.98. The second-order valence-electron chi connectivity index (χ2n) is 5.11. The van der Waals surface area contributed by atoms with Gasteiger partial charge in [0.05, 0.1) is 0 Å². The van der Waals surface area contributed by atoms with E-state index in [0.29, 0.717) is 19.5 Å². The molecule has 0 spiro atoms. The number of amides is 2. The van der Waals surface area contributed by atoms with Gasteiger partial charge in [-0.2, -0.15) is 0 Å². The van der Waals surface area contributed by atoms with Crippen LogP contribution >= 0.6 is 0 Å². The van der Waals surface area contributed by atoms with E-state index in [4.69, 9.17) is 5.73 Å². The molecule has 0 aliphatic heterocycles. The van der Waals surface area contributed by atoms with Crippen LogP contribution in [0.5, 0.6) is 0 Å². The van der Waals surface area contributed by atoms with E-state index in [-0.39, 0.29) is 17.9 Å². The van der Waals surface area contributed by atoms with Gasteiger partial charge < -0.3 is 16.4 Å². The van der Waals surface area contributed by atoms with Crippen molar-refractivity contribution in [3.8, 4) is 0 Å². The number of nitrogens with one attached hydrogen (secondary N) is 2. The van der Waals surface area contributed by atoms with Crippen molar-refractivity contribution >= 4 is 11.8 Å². The molecule has 0 aromatic heterocycles. The van der Waals surface area contributed by atoms with E-state index in [1.165, 1.54) is 6.92 Å². The SMILES string of the molecule is CC(=O)NCCCCCC(=O)NCC(N)c1ccccc1. The van der Waals surface area contributed by atoms with Gasteiger partial charge in [0.2, 0.25) is 11.8 Å². The molecule has 1 unspecified atom stereocenters. The second-order valence-corrected chi connectivity index (χ2v) is 5.11. The van der Waals surface area contributed by atoms with Crippen molar-refractivity contribution in [2.75, 3.05) is 13.1 Å². The van der Waals surface area contributed by atoms with Crippen molar-refractivity contribution in [1.29, 1.82) is 0 Å². The van der Waals surface area contributed by atoms with Crippen LogP contribution in [0, 0.1) is 0 Å². The third-order valence-electron chi connectivity index (χ3n) is 3.20. The number of carbonyl (C=O) groups is 2. The molecule has 5 nitrogen and oxygen atoms in total. The number of hydrogen-bond donors (Lipinski definition) is 3. The molecule has 0 radical (unpaired) electrons. The summed E-state index contributed by atoms with van der Waals surface area (Å²) < 4.78 is 0. The lowest BCUT2D eigenvalue weighted by atomic mass is 10.1. The maximum Gasteiger partial charge on any atom is 0.220 e. The number of benzene rings is 1. The largest absolute Gasteiger partial charge is 0.356 e. The molecule has 21 heavy (non-hydrogen) atoms. The third kappa shape index (κ3) is 8.09. The first-order chi connectivity index (χ1) is 10.1. The highest BCUT2D eigenvalue weighted by Crippen LogP contribution is 2.08. The number of carbonyl (C=O) groups excluding carboxylic acids is 2. The predicted octanol–water partition coefficient (Wildman–Crippen LogP) is 1.50. The van der Waals surface area contributed by atoms with E-state index in [9.17, 15) is 9.59 Å². The van der Waals surface area contributed by atoms with Crippen LogP contribution < -0.4 is 16.4 Å². The molecular weight excluding hydrogens is 266 g/mol. The highest BCUT2D eigenvalue weighted by atomic mass is 16.2. The average molecular weight is 291 g/mol. The molecule has 4 N–H and O–H groups in total. The molecule has 0 saturated carbocycles. The average Bonchev–Trinajstić information content (AvgIpc) is 2.49. The topological polar surface area (TPSA) is 84.2 Å². The molecule has 1 atom stereocenters. The van der Waals surface area contributed by atoms with Gasteiger partial charge in [-0.25, -0.2) is 0 Å². The normalized spacial score (nSPS) is 11.7. The van der Waals surface area contributed by atoms with E-state index in [2.05, 4.69) is 10.6 Å². The molecule has 0 heterocycles. The molecule has 5 heteroatoms. The van der Waals surface area contributed by atoms with Gasteiger partial charge >= 0.3 is 0 Å². The van der Waals surface area contributed by atoms with Crippen molar-refractivity contribution < 1.29 is 9.59 Å². The summed E-state index contributed by atoms with van der Waals surface area (Å²) in [6, 6.07) is 9.56. The Labute approximate surface area is 126 Å². The summed E-state index contributed by atoms with van der Waals surface area (Å²) in [5.41, 5.74) is 7.03. The standard InChI is InChI=1S/C16H25N3O2/c1-13(20)18-11-7-3-6-10-16(21)19-12-15(17)14-8-4-2-5-9-14/h2,4-5,8-9,15H,3,6-7,10-12,17H2,1H3,(H,18,20)(H,19,21). The van der Waals surface area contributed by atoms with E-state index >= 15 is 0 Å².